The van der Waals surface area contributed by atoms with E-state index in [1.165, 1.54) is 0 Å². The van der Waals surface area contributed by atoms with Gasteiger partial charge in [0, 0.05) is 5.69 Å². The van der Waals surface area contributed by atoms with Gasteiger partial charge in [0.2, 0.25) is 0 Å². The Morgan fingerprint density at radius 3 is 2.16 bits per heavy atom. The van der Waals surface area contributed by atoms with Crippen LogP contribution in [-0.2, 0) is 6.61 Å². The van der Waals surface area contributed by atoms with Crippen molar-refractivity contribution >= 4 is 37.5 Å². The molecule has 0 aliphatic rings. The third kappa shape index (κ3) is 3.64. The van der Waals surface area contributed by atoms with Gasteiger partial charge in [-0.05, 0) is 61.7 Å². The van der Waals surface area contributed by atoms with E-state index in [4.69, 9.17) is 15.2 Å². The van der Waals surface area contributed by atoms with Crippen molar-refractivity contribution in [3.63, 3.8) is 0 Å². The number of hydrogen-bond acceptors (Lipinski definition) is 3. The molecule has 0 amide bonds. The summed E-state index contributed by atoms with van der Waals surface area (Å²) in [5.74, 6) is 1.57. The number of methoxy groups -OCH3 is 1. The summed E-state index contributed by atoms with van der Waals surface area (Å²) in [4.78, 5) is 0. The first-order valence-electron chi connectivity index (χ1n) is 5.60. The van der Waals surface area contributed by atoms with Gasteiger partial charge in [-0.1, -0.05) is 12.1 Å². The summed E-state index contributed by atoms with van der Waals surface area (Å²) in [6.07, 6.45) is 0. The van der Waals surface area contributed by atoms with Gasteiger partial charge in [-0.2, -0.15) is 0 Å². The molecule has 0 saturated heterocycles. The molecule has 0 radical (unpaired) electrons. The molecule has 0 atom stereocenters. The highest BCUT2D eigenvalue weighted by atomic mass is 79.9. The van der Waals surface area contributed by atoms with Gasteiger partial charge >= 0.3 is 0 Å². The van der Waals surface area contributed by atoms with E-state index >= 15 is 0 Å². The van der Waals surface area contributed by atoms with Crippen molar-refractivity contribution in [3.05, 3.63) is 50.9 Å². The molecule has 0 fully saturated rings. The lowest BCUT2D eigenvalue weighted by atomic mass is 10.2. The molecule has 2 aromatic rings. The second-order valence-electron chi connectivity index (χ2n) is 3.95. The smallest absolute Gasteiger partial charge is 0.148 e. The zero-order chi connectivity index (χ0) is 13.8. The summed E-state index contributed by atoms with van der Waals surface area (Å²) in [7, 11) is 1.65. The molecule has 2 N–H and O–H groups in total. The third-order valence-corrected chi connectivity index (χ3v) is 3.74. The van der Waals surface area contributed by atoms with E-state index < -0.39 is 0 Å². The van der Waals surface area contributed by atoms with Crippen molar-refractivity contribution in [2.75, 3.05) is 12.8 Å². The number of benzene rings is 2. The van der Waals surface area contributed by atoms with Crippen molar-refractivity contribution in [2.45, 2.75) is 6.61 Å². The second-order valence-corrected chi connectivity index (χ2v) is 5.66. The highest BCUT2D eigenvalue weighted by Gasteiger charge is 2.08. The lowest BCUT2D eigenvalue weighted by Gasteiger charge is -2.11. The third-order valence-electron chi connectivity index (χ3n) is 2.56. The topological polar surface area (TPSA) is 44.5 Å². The Morgan fingerprint density at radius 2 is 1.63 bits per heavy atom. The summed E-state index contributed by atoms with van der Waals surface area (Å²) in [6, 6.07) is 11.4. The van der Waals surface area contributed by atoms with Crippen LogP contribution in [0.25, 0.3) is 0 Å². The van der Waals surface area contributed by atoms with Crippen LogP contribution in [0.1, 0.15) is 5.56 Å². The number of hydrogen-bond donors (Lipinski definition) is 1. The van der Waals surface area contributed by atoms with E-state index in [2.05, 4.69) is 31.9 Å². The van der Waals surface area contributed by atoms with Gasteiger partial charge in [0.05, 0.1) is 16.1 Å². The molecule has 0 aromatic heterocycles. The maximum Gasteiger partial charge on any atom is 0.148 e. The number of anilines is 1. The molecule has 2 aromatic carbocycles. The van der Waals surface area contributed by atoms with E-state index in [1.54, 1.807) is 7.11 Å². The molecular weight excluding hydrogens is 374 g/mol. The zero-order valence-corrected chi connectivity index (χ0v) is 13.5. The van der Waals surface area contributed by atoms with Gasteiger partial charge in [-0.25, -0.2) is 0 Å². The van der Waals surface area contributed by atoms with Crippen LogP contribution < -0.4 is 15.2 Å². The fraction of sp³-hybridized carbons (Fsp3) is 0.143. The average Bonchev–Trinajstić information content (AvgIpc) is 2.38. The van der Waals surface area contributed by atoms with E-state index in [-0.39, 0.29) is 0 Å². The maximum absolute atomic E-state index is 5.79. The average molecular weight is 387 g/mol. The summed E-state index contributed by atoms with van der Waals surface area (Å²) < 4.78 is 12.6. The number of halogens is 2. The molecule has 0 aliphatic carbocycles. The monoisotopic (exact) mass is 385 g/mol. The molecule has 0 heterocycles. The summed E-state index contributed by atoms with van der Waals surface area (Å²) in [5, 5.41) is 0. The molecule has 0 unspecified atom stereocenters. The van der Waals surface area contributed by atoms with Gasteiger partial charge in [0.25, 0.3) is 0 Å². The Bertz CT molecular complexity index is 547. The molecule has 0 bridgehead atoms. The molecular formula is C14H13Br2NO2. The molecule has 100 valence electrons. The molecule has 2 rings (SSSR count). The predicted octanol–water partition coefficient (Wildman–Crippen LogP) is 4.38. The molecule has 19 heavy (non-hydrogen) atoms. The Balaban J connectivity index is 2.10. The van der Waals surface area contributed by atoms with E-state index in [0.717, 1.165) is 26.0 Å². The maximum atomic E-state index is 5.79. The van der Waals surface area contributed by atoms with Crippen molar-refractivity contribution in [2.24, 2.45) is 0 Å². The molecule has 5 heteroatoms. The zero-order valence-electron chi connectivity index (χ0n) is 10.3. The fourth-order valence-electron chi connectivity index (χ4n) is 1.59. The Hall–Kier alpha value is -1.20. The molecule has 0 aliphatic heterocycles. The first-order chi connectivity index (χ1) is 9.10. The van der Waals surface area contributed by atoms with Crippen molar-refractivity contribution in [1.82, 2.24) is 0 Å². The predicted molar refractivity (Wildman–Crippen MR) is 83.6 cm³/mol. The van der Waals surface area contributed by atoms with E-state index in [9.17, 15) is 0 Å². The highest BCUT2D eigenvalue weighted by Crippen LogP contribution is 2.36. The van der Waals surface area contributed by atoms with Gasteiger partial charge in [0.15, 0.2) is 0 Å². The number of nitrogen functional groups attached to an aromatic ring is 1. The first-order valence-corrected chi connectivity index (χ1v) is 7.19. The van der Waals surface area contributed by atoms with Crippen LogP contribution in [-0.4, -0.2) is 7.11 Å². The minimum Gasteiger partial charge on any atom is -0.497 e. The van der Waals surface area contributed by atoms with Crippen molar-refractivity contribution in [1.29, 1.82) is 0 Å². The Morgan fingerprint density at radius 1 is 1.05 bits per heavy atom. The lowest BCUT2D eigenvalue weighted by molar-refractivity contribution is 0.302. The minimum absolute atomic E-state index is 0.477. The van der Waals surface area contributed by atoms with E-state index in [1.807, 2.05) is 36.4 Å². The van der Waals surface area contributed by atoms with Gasteiger partial charge < -0.3 is 15.2 Å². The lowest BCUT2D eigenvalue weighted by Crippen LogP contribution is -1.98. The van der Waals surface area contributed by atoms with Gasteiger partial charge in [-0.3, -0.25) is 0 Å². The van der Waals surface area contributed by atoms with Crippen molar-refractivity contribution < 1.29 is 9.47 Å². The van der Waals surface area contributed by atoms with Crippen LogP contribution in [0, 0.1) is 0 Å². The highest BCUT2D eigenvalue weighted by molar-refractivity contribution is 9.11. The van der Waals surface area contributed by atoms with E-state index in [0.29, 0.717) is 12.3 Å². The standard InChI is InChI=1S/C14H13Br2NO2/c1-18-11-4-2-9(3-5-11)8-19-14-12(15)6-10(17)7-13(14)16/h2-7H,8,17H2,1H3. The SMILES string of the molecule is COc1ccc(COc2c(Br)cc(N)cc2Br)cc1. The number of ether oxygens (including phenoxy) is 2. The quantitative estimate of drug-likeness (QED) is 0.793. The van der Waals surface area contributed by atoms with Crippen LogP contribution >= 0.6 is 31.9 Å². The largest absolute Gasteiger partial charge is 0.497 e. The number of nitrogens with two attached hydrogens (primary N) is 1. The normalized spacial score (nSPS) is 10.3. The molecule has 0 spiro atoms. The van der Waals surface area contributed by atoms with Gasteiger partial charge in [0.1, 0.15) is 18.1 Å². The first kappa shape index (κ1) is 14.2. The van der Waals surface area contributed by atoms with Crippen LogP contribution in [0.4, 0.5) is 5.69 Å². The Labute approximate surface area is 129 Å². The van der Waals surface area contributed by atoms with Crippen LogP contribution in [0.3, 0.4) is 0 Å². The fourth-order valence-corrected chi connectivity index (χ4v) is 3.05. The summed E-state index contributed by atoms with van der Waals surface area (Å²) in [6.45, 7) is 0.477. The Kier molecular flexibility index (Phi) is 4.71. The van der Waals surface area contributed by atoms with Crippen LogP contribution in [0.5, 0.6) is 11.5 Å². The second kappa shape index (κ2) is 6.30. The van der Waals surface area contributed by atoms with Crippen LogP contribution in [0.2, 0.25) is 0 Å². The van der Waals surface area contributed by atoms with Crippen LogP contribution in [0.15, 0.2) is 45.3 Å². The van der Waals surface area contributed by atoms with Crippen molar-refractivity contribution in [3.8, 4) is 11.5 Å². The summed E-state index contributed by atoms with van der Waals surface area (Å²) >= 11 is 6.88. The molecule has 0 saturated carbocycles. The minimum atomic E-state index is 0.477. The molecule has 3 nitrogen and oxygen atoms in total. The summed E-state index contributed by atoms with van der Waals surface area (Å²) in [5.41, 5.74) is 7.48. The van der Waals surface area contributed by atoms with Gasteiger partial charge in [-0.15, -0.1) is 0 Å². The number of rotatable bonds is 4.